The lowest BCUT2D eigenvalue weighted by Crippen LogP contribution is -2.14. The van der Waals surface area contributed by atoms with Gasteiger partial charge in [-0.15, -0.1) is 0 Å². The number of nitrogens with two attached hydrogens (primary N) is 1. The summed E-state index contributed by atoms with van der Waals surface area (Å²) in [5.74, 6) is -0.888. The van der Waals surface area contributed by atoms with Crippen LogP contribution in [-0.4, -0.2) is 16.9 Å². The summed E-state index contributed by atoms with van der Waals surface area (Å²) in [6.45, 7) is 1.85. The lowest BCUT2D eigenvalue weighted by molar-refractivity contribution is -0.142. The summed E-state index contributed by atoms with van der Waals surface area (Å²) in [4.78, 5) is 10.5. The average molecular weight is 172 g/mol. The van der Waals surface area contributed by atoms with Crippen LogP contribution in [0.3, 0.4) is 0 Å². The number of carboxylic acid groups (broad SMARTS) is 1. The van der Waals surface area contributed by atoms with E-state index in [0.29, 0.717) is 25.7 Å². The summed E-state index contributed by atoms with van der Waals surface area (Å²) >= 11 is 0. The average Bonchev–Trinajstić information content (AvgIpc) is 1.96. The molecule has 0 saturated carbocycles. The molecule has 0 spiro atoms. The Bertz CT molecular complexity index is 168. The van der Waals surface area contributed by atoms with E-state index in [2.05, 4.69) is 0 Å². The fourth-order valence-electron chi connectivity index (χ4n) is 1.04. The molecule has 70 valence electrons. The van der Waals surface area contributed by atoms with Crippen LogP contribution in [0.4, 0.5) is 0 Å². The fraction of sp³-hybridized carbons (Fsp3) is 0.750. The number of hydrogen-bond donors (Lipinski definition) is 3. The highest BCUT2D eigenvalue weighted by Crippen LogP contribution is 2.12. The van der Waals surface area contributed by atoms with Crippen molar-refractivity contribution in [1.82, 2.24) is 0 Å². The normalized spacial score (nSPS) is 12.4. The molecule has 0 radical (unpaired) electrons. The molecule has 4 nitrogen and oxygen atoms in total. The SMILES string of the molecule is CCC(CCCC(=N)N)C(=O)O. The van der Waals surface area contributed by atoms with E-state index in [1.54, 1.807) is 0 Å². The molecule has 0 aromatic carbocycles. The molecule has 1 unspecified atom stereocenters. The van der Waals surface area contributed by atoms with Gasteiger partial charge < -0.3 is 10.8 Å². The molecule has 0 bridgehead atoms. The molecule has 1 atom stereocenters. The van der Waals surface area contributed by atoms with Crippen molar-refractivity contribution in [1.29, 1.82) is 5.41 Å². The van der Waals surface area contributed by atoms with E-state index in [4.69, 9.17) is 16.2 Å². The van der Waals surface area contributed by atoms with Gasteiger partial charge in [0.05, 0.1) is 11.8 Å². The van der Waals surface area contributed by atoms with E-state index in [-0.39, 0.29) is 11.8 Å². The van der Waals surface area contributed by atoms with Crippen molar-refractivity contribution < 1.29 is 9.90 Å². The minimum absolute atomic E-state index is 0.134. The summed E-state index contributed by atoms with van der Waals surface area (Å²) in [7, 11) is 0. The van der Waals surface area contributed by atoms with Gasteiger partial charge in [0.1, 0.15) is 0 Å². The standard InChI is InChI=1S/C8H16N2O2/c1-2-6(8(11)12)4-3-5-7(9)10/h6H,2-5H2,1H3,(H3,9,10)(H,11,12). The molecular weight excluding hydrogens is 156 g/mol. The Morgan fingerprint density at radius 1 is 1.67 bits per heavy atom. The maximum absolute atomic E-state index is 10.5. The van der Waals surface area contributed by atoms with E-state index in [1.807, 2.05) is 6.92 Å². The van der Waals surface area contributed by atoms with Gasteiger partial charge in [-0.25, -0.2) is 0 Å². The molecule has 4 N–H and O–H groups in total. The highest BCUT2D eigenvalue weighted by atomic mass is 16.4. The van der Waals surface area contributed by atoms with Crippen molar-refractivity contribution >= 4 is 11.8 Å². The number of carbonyl (C=O) groups is 1. The minimum Gasteiger partial charge on any atom is -0.481 e. The first-order valence-electron chi connectivity index (χ1n) is 4.13. The Morgan fingerprint density at radius 2 is 2.25 bits per heavy atom. The van der Waals surface area contributed by atoms with Gasteiger partial charge in [0.15, 0.2) is 0 Å². The topological polar surface area (TPSA) is 87.2 Å². The number of rotatable bonds is 6. The zero-order valence-corrected chi connectivity index (χ0v) is 7.34. The van der Waals surface area contributed by atoms with Gasteiger partial charge in [-0.05, 0) is 19.3 Å². The highest BCUT2D eigenvalue weighted by Gasteiger charge is 2.13. The first kappa shape index (κ1) is 10.9. The first-order valence-corrected chi connectivity index (χ1v) is 4.13. The molecule has 0 aromatic heterocycles. The number of amidine groups is 1. The van der Waals surface area contributed by atoms with Gasteiger partial charge in [0.2, 0.25) is 0 Å². The molecule has 0 amide bonds. The van der Waals surface area contributed by atoms with Crippen LogP contribution in [0.1, 0.15) is 32.6 Å². The van der Waals surface area contributed by atoms with Crippen molar-refractivity contribution in [2.24, 2.45) is 11.7 Å². The van der Waals surface area contributed by atoms with E-state index in [9.17, 15) is 4.79 Å². The van der Waals surface area contributed by atoms with Gasteiger partial charge >= 0.3 is 5.97 Å². The molecule has 4 heteroatoms. The van der Waals surface area contributed by atoms with Gasteiger partial charge in [-0.1, -0.05) is 6.92 Å². The predicted molar refractivity (Wildman–Crippen MR) is 47.2 cm³/mol. The maximum Gasteiger partial charge on any atom is 0.306 e. The number of nitrogens with one attached hydrogen (secondary N) is 1. The summed E-state index contributed by atoms with van der Waals surface area (Å²) < 4.78 is 0. The minimum atomic E-state index is -0.749. The van der Waals surface area contributed by atoms with Crippen LogP contribution in [0, 0.1) is 11.3 Å². The van der Waals surface area contributed by atoms with Gasteiger partial charge in [-0.3, -0.25) is 10.2 Å². The van der Waals surface area contributed by atoms with Crippen LogP contribution in [0.5, 0.6) is 0 Å². The molecule has 0 saturated heterocycles. The third-order valence-electron chi connectivity index (χ3n) is 1.84. The van der Waals surface area contributed by atoms with Crippen LogP contribution in [0.2, 0.25) is 0 Å². The highest BCUT2D eigenvalue weighted by molar-refractivity contribution is 5.76. The number of carboxylic acids is 1. The third-order valence-corrected chi connectivity index (χ3v) is 1.84. The second-order valence-electron chi connectivity index (χ2n) is 2.86. The predicted octanol–water partition coefficient (Wildman–Crippen LogP) is 1.20. The van der Waals surface area contributed by atoms with Crippen molar-refractivity contribution in [2.45, 2.75) is 32.6 Å². The van der Waals surface area contributed by atoms with Crippen molar-refractivity contribution in [3.05, 3.63) is 0 Å². The third kappa shape index (κ3) is 4.71. The Balaban J connectivity index is 3.59. The van der Waals surface area contributed by atoms with Gasteiger partial charge in [0, 0.05) is 6.42 Å². The van der Waals surface area contributed by atoms with Gasteiger partial charge in [-0.2, -0.15) is 0 Å². The van der Waals surface area contributed by atoms with Crippen LogP contribution in [-0.2, 0) is 4.79 Å². The van der Waals surface area contributed by atoms with Gasteiger partial charge in [0.25, 0.3) is 0 Å². The molecule has 0 fully saturated rings. The molecule has 0 aliphatic rings. The number of hydrogen-bond acceptors (Lipinski definition) is 2. The number of aliphatic carboxylic acids is 1. The van der Waals surface area contributed by atoms with Crippen LogP contribution < -0.4 is 5.73 Å². The summed E-state index contributed by atoms with van der Waals surface area (Å²) in [5, 5.41) is 15.6. The molecule has 0 aliphatic carbocycles. The zero-order chi connectivity index (χ0) is 9.56. The molecule has 0 aromatic rings. The van der Waals surface area contributed by atoms with E-state index in [0.717, 1.165) is 0 Å². The van der Waals surface area contributed by atoms with Crippen LogP contribution >= 0.6 is 0 Å². The molecule has 0 rings (SSSR count). The lowest BCUT2D eigenvalue weighted by Gasteiger charge is -2.07. The fourth-order valence-corrected chi connectivity index (χ4v) is 1.04. The maximum atomic E-state index is 10.5. The molecule has 0 aliphatic heterocycles. The first-order chi connectivity index (χ1) is 5.57. The van der Waals surface area contributed by atoms with Crippen LogP contribution in [0.25, 0.3) is 0 Å². The quantitative estimate of drug-likeness (QED) is 0.415. The van der Waals surface area contributed by atoms with E-state index < -0.39 is 5.97 Å². The second-order valence-corrected chi connectivity index (χ2v) is 2.86. The summed E-state index contributed by atoms with van der Waals surface area (Å²) in [6.07, 6.45) is 2.46. The van der Waals surface area contributed by atoms with E-state index >= 15 is 0 Å². The Hall–Kier alpha value is -1.06. The largest absolute Gasteiger partial charge is 0.481 e. The van der Waals surface area contributed by atoms with Crippen LogP contribution in [0.15, 0.2) is 0 Å². The second kappa shape index (κ2) is 5.57. The Labute approximate surface area is 72.3 Å². The summed E-state index contributed by atoms with van der Waals surface area (Å²) in [6, 6.07) is 0. The Kier molecular flexibility index (Phi) is 5.08. The smallest absolute Gasteiger partial charge is 0.306 e. The van der Waals surface area contributed by atoms with E-state index in [1.165, 1.54) is 0 Å². The molecule has 0 heterocycles. The summed E-state index contributed by atoms with van der Waals surface area (Å²) in [5.41, 5.74) is 5.13. The lowest BCUT2D eigenvalue weighted by atomic mass is 9.99. The molecular formula is C8H16N2O2. The molecule has 12 heavy (non-hydrogen) atoms. The zero-order valence-electron chi connectivity index (χ0n) is 7.34. The van der Waals surface area contributed by atoms with Crippen molar-refractivity contribution in [2.75, 3.05) is 0 Å². The monoisotopic (exact) mass is 172 g/mol. The van der Waals surface area contributed by atoms with Crippen molar-refractivity contribution in [3.63, 3.8) is 0 Å². The van der Waals surface area contributed by atoms with Crippen molar-refractivity contribution in [3.8, 4) is 0 Å². The Morgan fingerprint density at radius 3 is 2.58 bits per heavy atom.